The van der Waals surface area contributed by atoms with E-state index in [1.54, 1.807) is 6.26 Å². The van der Waals surface area contributed by atoms with Gasteiger partial charge in [-0.15, -0.1) is 0 Å². The van der Waals surface area contributed by atoms with Crippen molar-refractivity contribution in [3.8, 4) is 0 Å². The van der Waals surface area contributed by atoms with Gasteiger partial charge in [0, 0.05) is 18.8 Å². The van der Waals surface area contributed by atoms with Crippen LogP contribution in [0.3, 0.4) is 0 Å². The van der Waals surface area contributed by atoms with Gasteiger partial charge < -0.3 is 9.52 Å². The van der Waals surface area contributed by atoms with Gasteiger partial charge in [0.05, 0.1) is 12.0 Å². The molecule has 1 saturated heterocycles. The molecule has 4 heteroatoms. The first-order chi connectivity index (χ1) is 11.2. The Bertz CT molecular complexity index is 580. The van der Waals surface area contributed by atoms with E-state index in [2.05, 4.69) is 28.9 Å². The van der Waals surface area contributed by atoms with Crippen LogP contribution < -0.4 is 0 Å². The van der Waals surface area contributed by atoms with Crippen LogP contribution in [0.1, 0.15) is 55.2 Å². The summed E-state index contributed by atoms with van der Waals surface area (Å²) >= 11 is 0. The predicted octanol–water partition coefficient (Wildman–Crippen LogP) is 3.85. The van der Waals surface area contributed by atoms with Crippen molar-refractivity contribution < 1.29 is 9.52 Å². The van der Waals surface area contributed by atoms with Crippen LogP contribution in [0.4, 0.5) is 0 Å². The van der Waals surface area contributed by atoms with Gasteiger partial charge in [0.15, 0.2) is 0 Å². The summed E-state index contributed by atoms with van der Waals surface area (Å²) in [5, 5.41) is 10.4. The van der Waals surface area contributed by atoms with E-state index in [1.807, 2.05) is 18.3 Å². The van der Waals surface area contributed by atoms with Crippen LogP contribution in [0.25, 0.3) is 0 Å². The Labute approximate surface area is 138 Å². The number of aryl methyl sites for hydroxylation is 1. The Hall–Kier alpha value is -1.65. The van der Waals surface area contributed by atoms with Gasteiger partial charge in [0.25, 0.3) is 0 Å². The van der Waals surface area contributed by atoms with Gasteiger partial charge in [-0.3, -0.25) is 9.88 Å². The molecule has 1 N–H and O–H groups in total. The third kappa shape index (κ3) is 4.43. The maximum absolute atomic E-state index is 10.4. The Morgan fingerprint density at radius 1 is 1.30 bits per heavy atom. The van der Waals surface area contributed by atoms with Crippen molar-refractivity contribution in [3.63, 3.8) is 0 Å². The Morgan fingerprint density at radius 2 is 2.22 bits per heavy atom. The van der Waals surface area contributed by atoms with Crippen LogP contribution in [-0.4, -0.2) is 27.6 Å². The highest BCUT2D eigenvalue weighted by Gasteiger charge is 2.25. The summed E-state index contributed by atoms with van der Waals surface area (Å²) < 4.78 is 5.35. The maximum Gasteiger partial charge on any atom is 0.132 e. The molecule has 2 aromatic heterocycles. The van der Waals surface area contributed by atoms with Gasteiger partial charge in [0.1, 0.15) is 11.9 Å². The lowest BCUT2D eigenvalue weighted by molar-refractivity contribution is 0.0825. The largest absolute Gasteiger partial charge is 0.467 e. The molecule has 0 bridgehead atoms. The Kier molecular flexibility index (Phi) is 5.47. The second-order valence-electron chi connectivity index (χ2n) is 6.57. The molecule has 4 nitrogen and oxygen atoms in total. The minimum atomic E-state index is -0.526. The van der Waals surface area contributed by atoms with Gasteiger partial charge >= 0.3 is 0 Å². The Balaban J connectivity index is 1.68. The second kappa shape index (κ2) is 7.75. The molecule has 1 fully saturated rings. The van der Waals surface area contributed by atoms with Crippen molar-refractivity contribution in [2.75, 3.05) is 6.54 Å². The molecule has 3 heterocycles. The second-order valence-corrected chi connectivity index (χ2v) is 6.57. The normalized spacial score (nSPS) is 21.0. The van der Waals surface area contributed by atoms with Crippen LogP contribution in [0.2, 0.25) is 0 Å². The third-order valence-corrected chi connectivity index (χ3v) is 4.70. The smallest absolute Gasteiger partial charge is 0.132 e. The molecule has 0 amide bonds. The molecule has 0 spiro atoms. The van der Waals surface area contributed by atoms with E-state index >= 15 is 0 Å². The monoisotopic (exact) mass is 314 g/mol. The van der Waals surface area contributed by atoms with Crippen LogP contribution in [0, 0.1) is 6.92 Å². The van der Waals surface area contributed by atoms with E-state index in [1.165, 1.54) is 24.8 Å². The average molecular weight is 314 g/mol. The number of hydrogen-bond acceptors (Lipinski definition) is 4. The first-order valence-corrected chi connectivity index (χ1v) is 8.59. The fourth-order valence-electron chi connectivity index (χ4n) is 3.37. The van der Waals surface area contributed by atoms with Crippen molar-refractivity contribution >= 4 is 0 Å². The number of nitrogens with zero attached hydrogens (tertiary/aromatic N) is 2. The number of rotatable bonds is 5. The number of furan rings is 1. The summed E-state index contributed by atoms with van der Waals surface area (Å²) in [6.07, 6.45) is 8.60. The van der Waals surface area contributed by atoms with Crippen molar-refractivity contribution in [2.24, 2.45) is 0 Å². The maximum atomic E-state index is 10.4. The summed E-state index contributed by atoms with van der Waals surface area (Å²) in [7, 11) is 0. The molecule has 124 valence electrons. The topological polar surface area (TPSA) is 49.5 Å². The number of hydrogen-bond donors (Lipinski definition) is 1. The molecule has 1 aliphatic heterocycles. The lowest BCUT2D eigenvalue weighted by Crippen LogP contribution is -2.35. The van der Waals surface area contributed by atoms with Crippen molar-refractivity contribution in [1.82, 2.24) is 9.88 Å². The van der Waals surface area contributed by atoms with Crippen molar-refractivity contribution in [3.05, 3.63) is 53.7 Å². The molecular formula is C19H26N2O2. The Morgan fingerprint density at radius 3 is 2.96 bits per heavy atom. The molecular weight excluding hydrogens is 288 g/mol. The summed E-state index contributed by atoms with van der Waals surface area (Å²) in [6, 6.07) is 8.29. The molecule has 0 radical (unpaired) electrons. The van der Waals surface area contributed by atoms with Gasteiger partial charge in [-0.25, -0.2) is 0 Å². The average Bonchev–Trinajstić information content (AvgIpc) is 3.01. The van der Waals surface area contributed by atoms with Crippen molar-refractivity contribution in [1.29, 1.82) is 0 Å². The number of aromatic nitrogens is 1. The number of aliphatic hydroxyl groups is 1. The molecule has 23 heavy (non-hydrogen) atoms. The van der Waals surface area contributed by atoms with Crippen molar-refractivity contribution in [2.45, 2.75) is 57.7 Å². The quantitative estimate of drug-likeness (QED) is 0.910. The standard InChI is InChI=1S/C19H26N2O2/c1-15-8-9-16(20-13-15)14-21-10-4-2-3-6-17(21)12-18(22)19-7-5-11-23-19/h5,7-9,11,13,17-18,22H,2-4,6,10,12,14H2,1H3. The lowest BCUT2D eigenvalue weighted by Gasteiger charge is -2.30. The molecule has 0 saturated carbocycles. The van der Waals surface area contributed by atoms with E-state index < -0.39 is 6.10 Å². The molecule has 2 aromatic rings. The summed E-state index contributed by atoms with van der Waals surface area (Å²) in [5.74, 6) is 0.669. The predicted molar refractivity (Wildman–Crippen MR) is 89.9 cm³/mol. The highest BCUT2D eigenvalue weighted by atomic mass is 16.4. The number of likely N-dealkylation sites (tertiary alicyclic amines) is 1. The zero-order chi connectivity index (χ0) is 16.1. The van der Waals surface area contributed by atoms with Crippen LogP contribution in [0.15, 0.2) is 41.1 Å². The van der Waals surface area contributed by atoms with Crippen LogP contribution in [0.5, 0.6) is 0 Å². The van der Waals surface area contributed by atoms with E-state index in [0.29, 0.717) is 11.8 Å². The fourth-order valence-corrected chi connectivity index (χ4v) is 3.37. The zero-order valence-electron chi connectivity index (χ0n) is 13.8. The highest BCUT2D eigenvalue weighted by Crippen LogP contribution is 2.27. The van der Waals surface area contributed by atoms with Crippen LogP contribution >= 0.6 is 0 Å². The van der Waals surface area contributed by atoms with Gasteiger partial charge in [-0.05, 0) is 56.5 Å². The molecule has 2 unspecified atom stereocenters. The summed E-state index contributed by atoms with van der Waals surface area (Å²) in [6.45, 7) is 3.99. The summed E-state index contributed by atoms with van der Waals surface area (Å²) in [4.78, 5) is 7.03. The first kappa shape index (κ1) is 16.2. The molecule has 0 aliphatic carbocycles. The molecule has 1 aliphatic rings. The van der Waals surface area contributed by atoms with E-state index in [-0.39, 0.29) is 0 Å². The van der Waals surface area contributed by atoms with E-state index in [4.69, 9.17) is 4.42 Å². The van der Waals surface area contributed by atoms with Gasteiger partial charge in [-0.1, -0.05) is 18.9 Å². The zero-order valence-corrected chi connectivity index (χ0v) is 13.8. The van der Waals surface area contributed by atoms with Crippen LogP contribution in [-0.2, 0) is 6.54 Å². The molecule has 0 aromatic carbocycles. The van der Waals surface area contributed by atoms with Gasteiger partial charge in [0.2, 0.25) is 0 Å². The fraction of sp³-hybridized carbons (Fsp3) is 0.526. The minimum Gasteiger partial charge on any atom is -0.467 e. The first-order valence-electron chi connectivity index (χ1n) is 8.59. The molecule has 2 atom stereocenters. The summed E-state index contributed by atoms with van der Waals surface area (Å²) in [5.41, 5.74) is 2.30. The lowest BCUT2D eigenvalue weighted by atomic mass is 10.0. The SMILES string of the molecule is Cc1ccc(CN2CCCCCC2CC(O)c2ccco2)nc1. The van der Waals surface area contributed by atoms with Gasteiger partial charge in [-0.2, -0.15) is 0 Å². The minimum absolute atomic E-state index is 0.376. The third-order valence-electron chi connectivity index (χ3n) is 4.70. The van der Waals surface area contributed by atoms with E-state index in [0.717, 1.165) is 31.6 Å². The highest BCUT2D eigenvalue weighted by molar-refractivity contribution is 5.12. The molecule has 3 rings (SSSR count). The number of aliphatic hydroxyl groups excluding tert-OH is 1. The number of pyridine rings is 1. The van der Waals surface area contributed by atoms with E-state index in [9.17, 15) is 5.11 Å².